The van der Waals surface area contributed by atoms with Crippen molar-refractivity contribution in [3.8, 4) is 5.75 Å². The number of nitrogen functional groups attached to an aromatic ring is 1. The molecule has 0 radical (unpaired) electrons. The van der Waals surface area contributed by atoms with Crippen LogP contribution in [0.15, 0.2) is 45.3 Å². The van der Waals surface area contributed by atoms with Crippen molar-refractivity contribution in [2.45, 2.75) is 6.61 Å². The lowest BCUT2D eigenvalue weighted by Gasteiger charge is -2.09. The molecule has 0 bridgehead atoms. The van der Waals surface area contributed by atoms with Gasteiger partial charge in [-0.05, 0) is 40.2 Å². The Labute approximate surface area is 137 Å². The summed E-state index contributed by atoms with van der Waals surface area (Å²) < 4.78 is 20.0. The van der Waals surface area contributed by atoms with Gasteiger partial charge in [-0.15, -0.1) is 0 Å². The number of nitrogens with one attached hydrogen (secondary N) is 1. The summed E-state index contributed by atoms with van der Waals surface area (Å²) in [4.78, 5) is 11.4. The number of nitrogens with two attached hydrogens (primary N) is 1. The predicted octanol–water partition coefficient (Wildman–Crippen LogP) is 3.53. The lowest BCUT2D eigenvalue weighted by atomic mass is 10.1. The van der Waals surface area contributed by atoms with Gasteiger partial charge in [0.1, 0.15) is 18.2 Å². The van der Waals surface area contributed by atoms with Gasteiger partial charge < -0.3 is 4.74 Å². The Morgan fingerprint density at radius 1 is 1.19 bits per heavy atom. The second kappa shape index (κ2) is 7.02. The fraction of sp³-hybridized carbons (Fsp3) is 0.0714. The second-order valence-electron chi connectivity index (χ2n) is 4.14. The van der Waals surface area contributed by atoms with E-state index in [1.807, 2.05) is 0 Å². The largest absolute Gasteiger partial charge is 0.489 e. The Balaban J connectivity index is 2.09. The number of rotatable bonds is 4. The van der Waals surface area contributed by atoms with E-state index >= 15 is 0 Å². The topological polar surface area (TPSA) is 64.3 Å². The van der Waals surface area contributed by atoms with Gasteiger partial charge in [-0.3, -0.25) is 10.2 Å². The minimum absolute atomic E-state index is 0.242. The Morgan fingerprint density at radius 3 is 2.57 bits per heavy atom. The second-order valence-corrected chi connectivity index (χ2v) is 5.85. The molecular formula is C14H11Br2FN2O2. The maximum atomic E-state index is 13.4. The highest BCUT2D eigenvalue weighted by molar-refractivity contribution is 9.10. The summed E-state index contributed by atoms with van der Waals surface area (Å²) in [7, 11) is 0. The SMILES string of the molecule is NNC(=O)c1ccc(COc2ccc(Br)c(F)c2)c(Br)c1. The van der Waals surface area contributed by atoms with Crippen molar-refractivity contribution >= 4 is 37.8 Å². The molecule has 3 N–H and O–H groups in total. The van der Waals surface area contributed by atoms with Crippen molar-refractivity contribution < 1.29 is 13.9 Å². The molecule has 2 aromatic rings. The number of hydrazine groups is 1. The molecule has 21 heavy (non-hydrogen) atoms. The van der Waals surface area contributed by atoms with E-state index in [1.54, 1.807) is 30.3 Å². The first-order chi connectivity index (χ1) is 10.0. The molecule has 0 heterocycles. The average molecular weight is 418 g/mol. The fourth-order valence-electron chi connectivity index (χ4n) is 1.62. The summed E-state index contributed by atoms with van der Waals surface area (Å²) in [5.41, 5.74) is 3.32. The third-order valence-electron chi connectivity index (χ3n) is 2.73. The van der Waals surface area contributed by atoms with Crippen LogP contribution < -0.4 is 16.0 Å². The van der Waals surface area contributed by atoms with Crippen LogP contribution in [-0.2, 0) is 6.61 Å². The number of carbonyl (C=O) groups excluding carboxylic acids is 1. The molecule has 0 saturated heterocycles. The number of hydrogen-bond donors (Lipinski definition) is 2. The zero-order valence-corrected chi connectivity index (χ0v) is 13.9. The Kier molecular flexibility index (Phi) is 5.33. The number of ether oxygens (including phenoxy) is 1. The summed E-state index contributed by atoms with van der Waals surface area (Å²) in [5.74, 6) is 4.73. The number of benzene rings is 2. The van der Waals surface area contributed by atoms with Gasteiger partial charge >= 0.3 is 0 Å². The first-order valence-corrected chi connectivity index (χ1v) is 7.47. The molecule has 0 atom stereocenters. The van der Waals surface area contributed by atoms with E-state index in [0.29, 0.717) is 20.3 Å². The zero-order chi connectivity index (χ0) is 15.4. The maximum absolute atomic E-state index is 13.4. The molecule has 0 aliphatic rings. The smallest absolute Gasteiger partial charge is 0.265 e. The Morgan fingerprint density at radius 2 is 1.95 bits per heavy atom. The van der Waals surface area contributed by atoms with Gasteiger partial charge in [-0.2, -0.15) is 0 Å². The molecule has 2 aromatic carbocycles. The van der Waals surface area contributed by atoms with Crippen LogP contribution in [0.25, 0.3) is 0 Å². The molecule has 2 rings (SSSR count). The molecule has 4 nitrogen and oxygen atoms in total. The minimum Gasteiger partial charge on any atom is -0.489 e. The van der Waals surface area contributed by atoms with Gasteiger partial charge in [-0.1, -0.05) is 22.0 Å². The summed E-state index contributed by atoms with van der Waals surface area (Å²) in [5, 5.41) is 0. The quantitative estimate of drug-likeness (QED) is 0.454. The van der Waals surface area contributed by atoms with Crippen molar-refractivity contribution in [2.75, 3.05) is 0 Å². The molecule has 0 spiro atoms. The van der Waals surface area contributed by atoms with E-state index in [-0.39, 0.29) is 18.3 Å². The normalized spacial score (nSPS) is 10.3. The van der Waals surface area contributed by atoms with Gasteiger partial charge in [0.25, 0.3) is 5.91 Å². The van der Waals surface area contributed by atoms with Gasteiger partial charge in [0.2, 0.25) is 0 Å². The van der Waals surface area contributed by atoms with Gasteiger partial charge in [0, 0.05) is 21.7 Å². The third-order valence-corrected chi connectivity index (χ3v) is 4.11. The highest BCUT2D eigenvalue weighted by atomic mass is 79.9. The molecule has 0 aliphatic heterocycles. The number of carbonyl (C=O) groups is 1. The molecule has 0 unspecified atom stereocenters. The van der Waals surface area contributed by atoms with E-state index in [4.69, 9.17) is 10.6 Å². The molecule has 7 heteroatoms. The van der Waals surface area contributed by atoms with Gasteiger partial charge in [0.05, 0.1) is 4.47 Å². The summed E-state index contributed by atoms with van der Waals surface area (Å²) in [6, 6.07) is 9.56. The van der Waals surface area contributed by atoms with Crippen LogP contribution in [0, 0.1) is 5.82 Å². The lowest BCUT2D eigenvalue weighted by molar-refractivity contribution is 0.0953. The minimum atomic E-state index is -0.387. The maximum Gasteiger partial charge on any atom is 0.265 e. The van der Waals surface area contributed by atoms with Crippen LogP contribution in [0.3, 0.4) is 0 Å². The van der Waals surface area contributed by atoms with Crippen LogP contribution >= 0.6 is 31.9 Å². The van der Waals surface area contributed by atoms with Gasteiger partial charge in [0.15, 0.2) is 0 Å². The molecule has 110 valence electrons. The monoisotopic (exact) mass is 416 g/mol. The predicted molar refractivity (Wildman–Crippen MR) is 84.2 cm³/mol. The van der Waals surface area contributed by atoms with Crippen LogP contribution in [0.1, 0.15) is 15.9 Å². The van der Waals surface area contributed by atoms with Crippen molar-refractivity contribution in [3.63, 3.8) is 0 Å². The third kappa shape index (κ3) is 4.03. The standard InChI is InChI=1S/C14H11Br2FN2O2/c15-11-4-3-10(6-13(11)17)21-7-9-2-1-8(5-12(9)16)14(20)19-18/h1-6H,7,18H2,(H,19,20). The number of halogens is 3. The van der Waals surface area contributed by atoms with Crippen LogP contribution in [0.4, 0.5) is 4.39 Å². The van der Waals surface area contributed by atoms with Crippen molar-refractivity contribution in [1.29, 1.82) is 0 Å². The highest BCUT2D eigenvalue weighted by Crippen LogP contribution is 2.24. The lowest BCUT2D eigenvalue weighted by Crippen LogP contribution is -2.29. The Hall–Kier alpha value is -1.44. The summed E-state index contributed by atoms with van der Waals surface area (Å²) >= 11 is 6.44. The van der Waals surface area contributed by atoms with Crippen molar-refractivity contribution in [3.05, 3.63) is 62.3 Å². The first kappa shape index (κ1) is 15.9. The van der Waals surface area contributed by atoms with E-state index in [9.17, 15) is 9.18 Å². The van der Waals surface area contributed by atoms with E-state index in [2.05, 4.69) is 37.3 Å². The van der Waals surface area contributed by atoms with Crippen molar-refractivity contribution in [2.24, 2.45) is 5.84 Å². The van der Waals surface area contributed by atoms with Crippen LogP contribution in [0.5, 0.6) is 5.75 Å². The van der Waals surface area contributed by atoms with E-state index in [0.717, 1.165) is 5.56 Å². The molecule has 1 amide bonds. The zero-order valence-electron chi connectivity index (χ0n) is 10.7. The van der Waals surface area contributed by atoms with Crippen LogP contribution in [0.2, 0.25) is 0 Å². The molecular weight excluding hydrogens is 407 g/mol. The summed E-state index contributed by atoms with van der Waals surface area (Å²) in [6.45, 7) is 0.242. The average Bonchev–Trinajstić information content (AvgIpc) is 2.48. The number of amides is 1. The van der Waals surface area contributed by atoms with Crippen molar-refractivity contribution in [1.82, 2.24) is 5.43 Å². The number of hydrogen-bond acceptors (Lipinski definition) is 3. The van der Waals surface area contributed by atoms with Crippen LogP contribution in [-0.4, -0.2) is 5.91 Å². The molecule has 0 saturated carbocycles. The van der Waals surface area contributed by atoms with E-state index in [1.165, 1.54) is 6.07 Å². The van der Waals surface area contributed by atoms with Gasteiger partial charge in [-0.25, -0.2) is 10.2 Å². The fourth-order valence-corrected chi connectivity index (χ4v) is 2.36. The molecule has 0 aromatic heterocycles. The summed E-state index contributed by atoms with van der Waals surface area (Å²) in [6.07, 6.45) is 0. The van der Waals surface area contributed by atoms with E-state index < -0.39 is 0 Å². The molecule has 0 fully saturated rings. The Bertz CT molecular complexity index is 680. The molecule has 0 aliphatic carbocycles. The highest BCUT2D eigenvalue weighted by Gasteiger charge is 2.08. The first-order valence-electron chi connectivity index (χ1n) is 5.88.